The normalized spacial score (nSPS) is 22.4. The number of hydrogen-bond acceptors (Lipinski definition) is 6. The van der Waals surface area contributed by atoms with Crippen molar-refractivity contribution in [1.29, 1.82) is 0 Å². The number of allylic oxidation sites excluding steroid dienone is 1. The first kappa shape index (κ1) is 53.2. The number of aliphatic hydroxyl groups excluding tert-OH is 1. The summed E-state index contributed by atoms with van der Waals surface area (Å²) in [7, 11) is -0.353. The Kier molecular flexibility index (Phi) is 37.4. The van der Waals surface area contributed by atoms with Crippen molar-refractivity contribution in [2.45, 2.75) is 67.3 Å². The molecule has 1 heterocycles. The van der Waals surface area contributed by atoms with Gasteiger partial charge in [-0.25, -0.2) is 0 Å². The fourth-order valence-corrected chi connectivity index (χ4v) is 5.70. The van der Waals surface area contributed by atoms with Crippen molar-refractivity contribution < 1.29 is 26.7 Å². The Morgan fingerprint density at radius 2 is 1.23 bits per heavy atom. The molecule has 0 bridgehead atoms. The molecule has 1 fully saturated rings. The van der Waals surface area contributed by atoms with E-state index in [-0.39, 0.29) is 27.3 Å². The van der Waals surface area contributed by atoms with Crippen molar-refractivity contribution in [3.63, 3.8) is 0 Å². The van der Waals surface area contributed by atoms with Crippen LogP contribution in [0.2, 0.25) is 0 Å². The van der Waals surface area contributed by atoms with Gasteiger partial charge in [-0.05, 0) is 46.6 Å². The van der Waals surface area contributed by atoms with Gasteiger partial charge in [-0.3, -0.25) is 0 Å². The van der Waals surface area contributed by atoms with Gasteiger partial charge < -0.3 is 9.84 Å². The van der Waals surface area contributed by atoms with E-state index in [0.29, 0.717) is 35.7 Å². The second-order valence-electron chi connectivity index (χ2n) is 11.0. The zero-order valence-corrected chi connectivity index (χ0v) is 39.9. The van der Waals surface area contributed by atoms with Gasteiger partial charge in [-0.1, -0.05) is 163 Å². The summed E-state index contributed by atoms with van der Waals surface area (Å²) in [6, 6.07) is 20.5. The van der Waals surface area contributed by atoms with Gasteiger partial charge in [-0.15, -0.1) is 6.58 Å². The van der Waals surface area contributed by atoms with Gasteiger partial charge in [0.1, 0.15) is 0 Å². The van der Waals surface area contributed by atoms with Crippen LogP contribution in [0.4, 0.5) is 0 Å². The molecule has 2 aromatic carbocycles. The van der Waals surface area contributed by atoms with Crippen LogP contribution < -0.4 is 0 Å². The predicted molar refractivity (Wildman–Crippen MR) is 250 cm³/mol. The molecule has 0 aromatic heterocycles. The van der Waals surface area contributed by atoms with E-state index < -0.39 is 29.2 Å². The van der Waals surface area contributed by atoms with E-state index in [4.69, 9.17) is 21.6 Å². The Bertz CT molecular complexity index is 1190. The van der Waals surface area contributed by atoms with E-state index in [1.165, 1.54) is 5.56 Å². The van der Waals surface area contributed by atoms with Crippen LogP contribution in [0.5, 0.6) is 0 Å². The molecular weight excluding hydrogens is 1220 g/mol. The predicted octanol–water partition coefficient (Wildman–Crippen LogP) is 11.8. The standard InChI is InChI=1S/C17H23IO.C17H24O.CH4.I4.2O2S/c1-12-13(2)16(19-17(11-18)14(12)3)10-9-15-7-5-4-6-8-15;1-5-13(2)14(3)15(4)17(18)12-11-16-9-7-6-8-10-16;;1-4(2)3;2*1-3-2/h4-10,12-14,16-17H,11H2,1-3H3;5-15,17-18H,1H2,2-4H3;1H4;;;/b10-9+;12-11+;;;;/t12-,13+,14-,16+,17-;13-,14-,15-,17-;;;;/m10..../s1. The van der Waals surface area contributed by atoms with E-state index in [0.717, 1.165) is 9.99 Å². The molecular formula is C35H51I5O6S2. The third kappa shape index (κ3) is 24.9. The smallest absolute Gasteiger partial charge is 0.168 e. The molecule has 0 radical (unpaired) electrons. The molecule has 2 aromatic rings. The summed E-state index contributed by atoms with van der Waals surface area (Å²) in [6.45, 7) is 17.2. The number of alkyl halides is 1. The Balaban J connectivity index is -0.000000651. The topological polar surface area (TPSA) is 97.7 Å². The molecule has 1 saturated heterocycles. The number of benzene rings is 2. The maximum absolute atomic E-state index is 10.2. The van der Waals surface area contributed by atoms with Crippen molar-refractivity contribution in [2.24, 2.45) is 35.5 Å². The summed E-state index contributed by atoms with van der Waals surface area (Å²) in [6.07, 6.45) is 10.5. The van der Waals surface area contributed by atoms with Crippen LogP contribution >= 0.6 is 86.3 Å². The molecule has 13 heteroatoms. The summed E-state index contributed by atoms with van der Waals surface area (Å²) in [5.41, 5.74) is 2.36. The first-order valence-electron chi connectivity index (χ1n) is 14.8. The summed E-state index contributed by atoms with van der Waals surface area (Å²) in [5, 5.41) is 10.2. The van der Waals surface area contributed by atoms with E-state index in [1.54, 1.807) is 0 Å². The van der Waals surface area contributed by atoms with Gasteiger partial charge in [-0.2, -0.15) is 16.8 Å². The molecule has 3 rings (SSSR count). The van der Waals surface area contributed by atoms with Crippen LogP contribution in [-0.4, -0.2) is 44.7 Å². The quantitative estimate of drug-likeness (QED) is 0.153. The fraction of sp³-hybridized carbons (Fsp3) is 0.486. The second kappa shape index (κ2) is 33.7. The molecule has 1 aliphatic heterocycles. The van der Waals surface area contributed by atoms with Crippen LogP contribution in [0.25, 0.3) is 12.2 Å². The fourth-order valence-electron chi connectivity index (χ4n) is 4.69. The van der Waals surface area contributed by atoms with Gasteiger partial charge in [0.05, 0.1) is 18.3 Å². The van der Waals surface area contributed by atoms with E-state index in [1.807, 2.05) is 54.6 Å². The third-order valence-corrected chi connectivity index (χ3v) is 9.25. The number of aliphatic hydroxyl groups is 1. The van der Waals surface area contributed by atoms with Crippen molar-refractivity contribution in [1.82, 2.24) is 0 Å². The minimum Gasteiger partial charge on any atom is -0.168 e. The van der Waals surface area contributed by atoms with Crippen molar-refractivity contribution >= 4 is 122 Å². The summed E-state index contributed by atoms with van der Waals surface area (Å²) < 4.78 is 40.5. The molecule has 0 spiro atoms. The first-order valence-corrected chi connectivity index (χ1v) is 36.5. The van der Waals surface area contributed by atoms with Gasteiger partial charge in [0.15, 0.2) is 0 Å². The van der Waals surface area contributed by atoms with Crippen molar-refractivity contribution in [2.75, 3.05) is 4.43 Å². The van der Waals surface area contributed by atoms with Gasteiger partial charge in [0.2, 0.25) is 0 Å². The second-order valence-corrected chi connectivity index (χ2v) is 60.9. The van der Waals surface area contributed by atoms with Crippen LogP contribution in [0.3, 0.4) is 0 Å². The maximum atomic E-state index is 10.2. The maximum Gasteiger partial charge on any atom is 0.335 e. The van der Waals surface area contributed by atoms with Gasteiger partial charge >= 0.3 is 86.9 Å². The third-order valence-electron chi connectivity index (χ3n) is 8.38. The molecule has 48 heavy (non-hydrogen) atoms. The minimum atomic E-state index is -0.750. The largest absolute Gasteiger partial charge is 0.335 e. The molecule has 1 N–H and O–H groups in total. The number of ether oxygens (including phenoxy) is 1. The average Bonchev–Trinajstić information content (AvgIpc) is 3.06. The Hall–Kier alpha value is 0.870. The molecule has 6 nitrogen and oxygen atoms in total. The monoisotopic (exact) mass is 1270 g/mol. The van der Waals surface area contributed by atoms with Crippen molar-refractivity contribution in [3.8, 4) is 0 Å². The number of halogens is 5. The summed E-state index contributed by atoms with van der Waals surface area (Å²) >= 11 is 8.36. The Morgan fingerprint density at radius 3 is 1.62 bits per heavy atom. The molecule has 0 unspecified atom stereocenters. The Morgan fingerprint density at radius 1 is 0.812 bits per heavy atom. The SMILES string of the molecule is C.C=C[C@H](C)[C@H](C)[C@H](C)[C@@H](O)/C=C/c1ccccc1.C[C@H]1[C@@H](C)[C@@H](CI)O[C@@H](/C=C/c2ccccc2)[C@H]1C.II(I)I.O=S=O.O=S=O. The molecule has 0 saturated carbocycles. The minimum absolute atomic E-state index is 0. The van der Waals surface area contributed by atoms with Crippen LogP contribution in [0.15, 0.2) is 85.5 Å². The molecule has 1 aliphatic rings. The zero-order chi connectivity index (χ0) is 36.4. The van der Waals surface area contributed by atoms with E-state index in [2.05, 4.69) is 163 Å². The number of rotatable bonds is 9. The average molecular weight is 1270 g/mol. The molecule has 274 valence electrons. The first-order chi connectivity index (χ1) is 22.2. The van der Waals surface area contributed by atoms with Crippen molar-refractivity contribution in [3.05, 3.63) is 96.6 Å². The Labute approximate surface area is 347 Å². The van der Waals surface area contributed by atoms with Crippen LogP contribution in [-0.2, 0) is 27.9 Å². The van der Waals surface area contributed by atoms with Crippen LogP contribution in [0.1, 0.15) is 60.1 Å². The zero-order valence-electron chi connectivity index (χ0n) is 27.5. The van der Waals surface area contributed by atoms with Gasteiger partial charge in [0.25, 0.3) is 0 Å². The van der Waals surface area contributed by atoms with E-state index in [9.17, 15) is 5.11 Å². The number of hydrogen-bond donors (Lipinski definition) is 1. The summed E-state index contributed by atoms with van der Waals surface area (Å²) in [4.78, 5) is 0. The molecule has 9 atom stereocenters. The molecule has 0 amide bonds. The molecule has 0 aliphatic carbocycles. The van der Waals surface area contributed by atoms with Gasteiger partial charge in [0, 0.05) is 4.43 Å². The summed E-state index contributed by atoms with van der Waals surface area (Å²) in [5.74, 6) is 2.98. The van der Waals surface area contributed by atoms with E-state index >= 15 is 0 Å². The van der Waals surface area contributed by atoms with Crippen LogP contribution in [0, 0.1) is 35.5 Å².